The van der Waals surface area contributed by atoms with Crippen molar-refractivity contribution in [3.05, 3.63) is 53.9 Å². The van der Waals surface area contributed by atoms with Gasteiger partial charge in [0, 0.05) is 31.9 Å². The number of hydrogen-bond donors (Lipinski definition) is 4. The maximum Gasteiger partial charge on any atom is 0.327 e. The number of hydrogen-bond acceptors (Lipinski definition) is 8. The van der Waals surface area contributed by atoms with Gasteiger partial charge in [-0.1, -0.05) is 6.07 Å². The summed E-state index contributed by atoms with van der Waals surface area (Å²) >= 11 is 0. The summed E-state index contributed by atoms with van der Waals surface area (Å²) in [6.07, 6.45) is 0. The Kier molecular flexibility index (Phi) is 5.65. The van der Waals surface area contributed by atoms with Crippen LogP contribution in [0.15, 0.2) is 42.5 Å². The standard InChI is InChI=1S/C22H21N9O2/c1-12-26-18-19(27-12)29-22(33-15-6-4-5-14(9-15)28-21(24)25)30-20(18)32-16-8-7-13(11-23)17(10-16)31(2)3/h4-10H,1-3H3,(H4,24,25,28)(H,26,27,29,30). The Morgan fingerprint density at radius 1 is 1.12 bits per heavy atom. The number of ether oxygens (including phenoxy) is 2. The molecule has 0 amide bonds. The normalized spacial score (nSPS) is 10.5. The number of nitriles is 1. The van der Waals surface area contributed by atoms with Crippen molar-refractivity contribution < 1.29 is 9.47 Å². The molecular weight excluding hydrogens is 422 g/mol. The van der Waals surface area contributed by atoms with Crippen molar-refractivity contribution in [2.45, 2.75) is 6.92 Å². The Labute approximate surface area is 189 Å². The highest BCUT2D eigenvalue weighted by atomic mass is 16.5. The predicted molar refractivity (Wildman–Crippen MR) is 124 cm³/mol. The van der Waals surface area contributed by atoms with Crippen LogP contribution in [0.25, 0.3) is 11.2 Å². The molecule has 0 aliphatic rings. The first-order valence-corrected chi connectivity index (χ1v) is 9.85. The zero-order valence-electron chi connectivity index (χ0n) is 18.2. The largest absolute Gasteiger partial charge is 0.437 e. The molecule has 2 heterocycles. The van der Waals surface area contributed by atoms with Gasteiger partial charge in [0.2, 0.25) is 0 Å². The number of nitrogens with zero attached hydrogens (tertiary/aromatic N) is 5. The highest BCUT2D eigenvalue weighted by Gasteiger charge is 2.16. The summed E-state index contributed by atoms with van der Waals surface area (Å²) in [4.78, 5) is 18.1. The zero-order chi connectivity index (χ0) is 23.5. The molecule has 2 aromatic heterocycles. The number of nitrogens with one attached hydrogen (secondary N) is 3. The lowest BCUT2D eigenvalue weighted by atomic mass is 10.2. The Morgan fingerprint density at radius 2 is 1.91 bits per heavy atom. The van der Waals surface area contributed by atoms with E-state index in [9.17, 15) is 5.26 Å². The van der Waals surface area contributed by atoms with E-state index in [4.69, 9.17) is 20.6 Å². The van der Waals surface area contributed by atoms with Gasteiger partial charge in [0.1, 0.15) is 28.9 Å². The number of aromatic nitrogens is 4. The number of guanidine groups is 1. The molecule has 0 saturated heterocycles. The summed E-state index contributed by atoms with van der Waals surface area (Å²) in [7, 11) is 3.70. The highest BCUT2D eigenvalue weighted by Crippen LogP contribution is 2.32. The Balaban J connectivity index is 1.70. The fourth-order valence-electron chi connectivity index (χ4n) is 3.14. The topological polar surface area (TPSA) is 162 Å². The van der Waals surface area contributed by atoms with E-state index in [1.54, 1.807) is 49.4 Å². The first kappa shape index (κ1) is 21.4. The van der Waals surface area contributed by atoms with E-state index in [0.717, 1.165) is 0 Å². The SMILES string of the molecule is Cc1nc2nc(Oc3cccc(NC(=N)N)c3)nc(Oc3ccc(C#N)c(N(C)C)c3)c2[nH]1. The number of nitrogens with two attached hydrogens (primary N) is 1. The molecule has 4 aromatic rings. The number of H-pyrrole nitrogens is 1. The first-order valence-electron chi connectivity index (χ1n) is 9.85. The molecule has 11 nitrogen and oxygen atoms in total. The van der Waals surface area contributed by atoms with Gasteiger partial charge in [-0.05, 0) is 31.2 Å². The van der Waals surface area contributed by atoms with Crippen molar-refractivity contribution in [2.75, 3.05) is 24.3 Å². The fourth-order valence-corrected chi connectivity index (χ4v) is 3.14. The molecule has 0 unspecified atom stereocenters. The van der Waals surface area contributed by atoms with Gasteiger partial charge in [0.25, 0.3) is 5.88 Å². The van der Waals surface area contributed by atoms with Gasteiger partial charge in [-0.3, -0.25) is 5.41 Å². The number of rotatable bonds is 6. The summed E-state index contributed by atoms with van der Waals surface area (Å²) in [6, 6.07) is 14.2. The summed E-state index contributed by atoms with van der Waals surface area (Å²) in [5.74, 6) is 1.61. The Bertz CT molecular complexity index is 1390. The second-order valence-electron chi connectivity index (χ2n) is 7.29. The molecule has 0 atom stereocenters. The van der Waals surface area contributed by atoms with Crippen LogP contribution < -0.4 is 25.4 Å². The van der Waals surface area contributed by atoms with E-state index in [2.05, 4.69) is 31.3 Å². The molecule has 0 aliphatic heterocycles. The maximum absolute atomic E-state index is 9.35. The molecule has 11 heteroatoms. The van der Waals surface area contributed by atoms with Crippen LogP contribution in [0.5, 0.6) is 23.4 Å². The van der Waals surface area contributed by atoms with Gasteiger partial charge < -0.3 is 30.4 Å². The van der Waals surface area contributed by atoms with Crippen LogP contribution in [0.2, 0.25) is 0 Å². The van der Waals surface area contributed by atoms with Crippen molar-refractivity contribution in [3.63, 3.8) is 0 Å². The molecule has 33 heavy (non-hydrogen) atoms. The minimum absolute atomic E-state index is 0.0328. The molecule has 0 radical (unpaired) electrons. The van der Waals surface area contributed by atoms with Crippen molar-refractivity contribution in [1.82, 2.24) is 19.9 Å². The average Bonchev–Trinajstić information content (AvgIpc) is 3.14. The number of benzene rings is 2. The third kappa shape index (κ3) is 4.75. The highest BCUT2D eigenvalue weighted by molar-refractivity contribution is 5.89. The second-order valence-corrected chi connectivity index (χ2v) is 7.29. The van der Waals surface area contributed by atoms with Crippen molar-refractivity contribution in [3.8, 4) is 29.5 Å². The van der Waals surface area contributed by atoms with Crippen LogP contribution in [0.4, 0.5) is 11.4 Å². The van der Waals surface area contributed by atoms with Crippen LogP contribution in [0.3, 0.4) is 0 Å². The van der Waals surface area contributed by atoms with E-state index in [0.29, 0.717) is 45.4 Å². The number of aryl methyl sites for hydroxylation is 1. The molecule has 2 aromatic carbocycles. The lowest BCUT2D eigenvalue weighted by Gasteiger charge is -2.16. The summed E-state index contributed by atoms with van der Waals surface area (Å²) in [6.45, 7) is 1.80. The van der Waals surface area contributed by atoms with E-state index >= 15 is 0 Å². The number of anilines is 2. The predicted octanol–water partition coefficient (Wildman–Crippen LogP) is 3.49. The molecule has 166 valence electrons. The smallest absolute Gasteiger partial charge is 0.327 e. The zero-order valence-corrected chi connectivity index (χ0v) is 18.2. The van der Waals surface area contributed by atoms with Crippen LogP contribution in [0.1, 0.15) is 11.4 Å². The van der Waals surface area contributed by atoms with Gasteiger partial charge in [-0.15, -0.1) is 0 Å². The summed E-state index contributed by atoms with van der Waals surface area (Å²) < 4.78 is 11.9. The van der Waals surface area contributed by atoms with Crippen molar-refractivity contribution in [1.29, 1.82) is 10.7 Å². The van der Waals surface area contributed by atoms with Crippen molar-refractivity contribution in [2.24, 2.45) is 5.73 Å². The Hall–Kier alpha value is -4.85. The first-order chi connectivity index (χ1) is 15.8. The second kappa shape index (κ2) is 8.72. The molecule has 0 spiro atoms. The number of aromatic amines is 1. The Morgan fingerprint density at radius 3 is 2.64 bits per heavy atom. The molecule has 0 aliphatic carbocycles. The van der Waals surface area contributed by atoms with E-state index in [-0.39, 0.29) is 17.9 Å². The summed E-state index contributed by atoms with van der Waals surface area (Å²) in [5, 5.41) is 19.4. The van der Waals surface area contributed by atoms with E-state index in [1.807, 2.05) is 19.0 Å². The third-order valence-corrected chi connectivity index (χ3v) is 4.52. The van der Waals surface area contributed by atoms with Crippen LogP contribution >= 0.6 is 0 Å². The van der Waals surface area contributed by atoms with Crippen LogP contribution in [-0.2, 0) is 0 Å². The maximum atomic E-state index is 9.35. The van der Waals surface area contributed by atoms with Crippen molar-refractivity contribution >= 4 is 28.5 Å². The van der Waals surface area contributed by atoms with E-state index in [1.165, 1.54) is 0 Å². The molecule has 0 fully saturated rings. The number of fused-ring (bicyclic) bond motifs is 1. The van der Waals surface area contributed by atoms with Gasteiger partial charge in [-0.2, -0.15) is 15.2 Å². The lowest BCUT2D eigenvalue weighted by molar-refractivity contribution is 0.416. The monoisotopic (exact) mass is 443 g/mol. The summed E-state index contributed by atoms with van der Waals surface area (Å²) in [5.41, 5.74) is 8.12. The van der Waals surface area contributed by atoms with Gasteiger partial charge in [-0.25, -0.2) is 4.98 Å². The van der Waals surface area contributed by atoms with Gasteiger partial charge >= 0.3 is 6.01 Å². The minimum Gasteiger partial charge on any atom is -0.437 e. The molecule has 4 rings (SSSR count). The minimum atomic E-state index is -0.188. The fraction of sp³-hybridized carbons (Fsp3) is 0.136. The van der Waals surface area contributed by atoms with Crippen LogP contribution in [-0.4, -0.2) is 40.0 Å². The van der Waals surface area contributed by atoms with Gasteiger partial charge in [0.05, 0.1) is 11.3 Å². The quantitative estimate of drug-likeness (QED) is 0.258. The lowest BCUT2D eigenvalue weighted by Crippen LogP contribution is -2.20. The molecule has 0 bridgehead atoms. The molecular formula is C22H21N9O2. The molecule has 5 N–H and O–H groups in total. The third-order valence-electron chi connectivity index (χ3n) is 4.52. The average molecular weight is 443 g/mol. The van der Waals surface area contributed by atoms with Crippen LogP contribution in [0, 0.1) is 23.7 Å². The number of imidazole rings is 1. The molecule has 0 saturated carbocycles. The van der Waals surface area contributed by atoms with Gasteiger partial charge in [0.15, 0.2) is 11.6 Å². The van der Waals surface area contributed by atoms with E-state index < -0.39 is 0 Å².